The summed E-state index contributed by atoms with van der Waals surface area (Å²) in [4.78, 5) is 0. The molecule has 2 rings (SSSR count). The zero-order chi connectivity index (χ0) is 13.8. The number of alkyl halides is 1. The van der Waals surface area contributed by atoms with Gasteiger partial charge in [0.2, 0.25) is 0 Å². The summed E-state index contributed by atoms with van der Waals surface area (Å²) in [5, 5.41) is 0.772. The molecule has 0 amide bonds. The number of hydrogen-bond donors (Lipinski definition) is 0. The van der Waals surface area contributed by atoms with E-state index in [9.17, 15) is 0 Å². The Morgan fingerprint density at radius 3 is 2.37 bits per heavy atom. The van der Waals surface area contributed by atoms with Crippen LogP contribution >= 0.6 is 39.1 Å². The summed E-state index contributed by atoms with van der Waals surface area (Å²) < 4.78 is 6.77. The number of halogens is 3. The van der Waals surface area contributed by atoms with Gasteiger partial charge in [0, 0.05) is 15.4 Å². The molecular formula is C15H13BrCl2O. The molecule has 0 radical (unpaired) electrons. The Bertz CT molecular complexity index is 584. The average molecular weight is 360 g/mol. The predicted octanol–water partition coefficient (Wildman–Crippen LogP) is 6.20. The summed E-state index contributed by atoms with van der Waals surface area (Å²) in [7, 11) is 0. The predicted molar refractivity (Wildman–Crippen MR) is 84.6 cm³/mol. The molecule has 100 valence electrons. The summed E-state index contributed by atoms with van der Waals surface area (Å²) in [6, 6.07) is 11.5. The lowest BCUT2D eigenvalue weighted by molar-refractivity contribution is 0.481. The lowest BCUT2D eigenvalue weighted by atomic mass is 10.1. The first kappa shape index (κ1) is 14.7. The third-order valence-corrected chi connectivity index (χ3v) is 4.20. The molecule has 0 bridgehead atoms. The molecule has 19 heavy (non-hydrogen) atoms. The lowest BCUT2D eigenvalue weighted by Crippen LogP contribution is -1.89. The minimum absolute atomic E-state index is 0.474. The third kappa shape index (κ3) is 3.65. The van der Waals surface area contributed by atoms with E-state index < -0.39 is 0 Å². The number of aryl methyl sites for hydroxylation is 1. The van der Waals surface area contributed by atoms with Gasteiger partial charge in [0.05, 0.1) is 0 Å². The van der Waals surface area contributed by atoms with E-state index in [1.54, 1.807) is 0 Å². The molecule has 0 N–H and O–H groups in total. The van der Waals surface area contributed by atoms with Crippen LogP contribution in [0.3, 0.4) is 0 Å². The van der Waals surface area contributed by atoms with E-state index in [2.05, 4.69) is 22.9 Å². The van der Waals surface area contributed by atoms with E-state index in [-0.39, 0.29) is 0 Å². The Morgan fingerprint density at radius 2 is 1.74 bits per heavy atom. The molecule has 4 heteroatoms. The van der Waals surface area contributed by atoms with Crippen LogP contribution in [-0.4, -0.2) is 0 Å². The molecule has 0 spiro atoms. The van der Waals surface area contributed by atoms with Gasteiger partial charge < -0.3 is 4.74 Å². The van der Waals surface area contributed by atoms with E-state index >= 15 is 0 Å². The van der Waals surface area contributed by atoms with Gasteiger partial charge in [-0.3, -0.25) is 0 Å². The second-order valence-electron chi connectivity index (χ2n) is 4.10. The van der Waals surface area contributed by atoms with Crippen LogP contribution < -0.4 is 4.74 Å². The number of ether oxygens (including phenoxy) is 1. The van der Waals surface area contributed by atoms with Gasteiger partial charge in [-0.15, -0.1) is 11.6 Å². The largest absolute Gasteiger partial charge is 0.457 e. The maximum Gasteiger partial charge on any atom is 0.128 e. The fraction of sp³-hybridized carbons (Fsp3) is 0.200. The Labute approximate surface area is 131 Å². The minimum Gasteiger partial charge on any atom is -0.457 e. The molecule has 0 unspecified atom stereocenters. The van der Waals surface area contributed by atoms with Gasteiger partial charge in [-0.25, -0.2) is 0 Å². The van der Waals surface area contributed by atoms with Crippen LogP contribution in [0.25, 0.3) is 0 Å². The molecule has 0 aliphatic heterocycles. The van der Waals surface area contributed by atoms with Crippen LogP contribution in [0.4, 0.5) is 0 Å². The van der Waals surface area contributed by atoms with Crippen LogP contribution in [0.5, 0.6) is 11.5 Å². The van der Waals surface area contributed by atoms with Crippen LogP contribution in [0.1, 0.15) is 18.1 Å². The molecule has 0 heterocycles. The van der Waals surface area contributed by atoms with Crippen molar-refractivity contribution in [2.45, 2.75) is 19.2 Å². The smallest absolute Gasteiger partial charge is 0.128 e. The molecular weight excluding hydrogens is 347 g/mol. The Hall–Kier alpha value is -0.700. The van der Waals surface area contributed by atoms with E-state index in [1.165, 1.54) is 0 Å². The van der Waals surface area contributed by atoms with Crippen molar-refractivity contribution in [1.82, 2.24) is 0 Å². The van der Waals surface area contributed by atoms with Crippen molar-refractivity contribution in [2.24, 2.45) is 0 Å². The minimum atomic E-state index is 0.474. The van der Waals surface area contributed by atoms with Crippen molar-refractivity contribution in [3.63, 3.8) is 0 Å². The molecule has 2 aromatic carbocycles. The number of rotatable bonds is 4. The maximum atomic E-state index is 6.09. The Morgan fingerprint density at radius 1 is 1.05 bits per heavy atom. The van der Waals surface area contributed by atoms with E-state index in [4.69, 9.17) is 27.9 Å². The zero-order valence-electron chi connectivity index (χ0n) is 10.4. The van der Waals surface area contributed by atoms with Crippen LogP contribution in [0, 0.1) is 0 Å². The third-order valence-electron chi connectivity index (χ3n) is 2.80. The highest BCUT2D eigenvalue weighted by atomic mass is 79.9. The van der Waals surface area contributed by atoms with Crippen LogP contribution in [0.2, 0.25) is 5.02 Å². The van der Waals surface area contributed by atoms with Crippen molar-refractivity contribution < 1.29 is 4.74 Å². The van der Waals surface area contributed by atoms with Crippen LogP contribution in [-0.2, 0) is 12.3 Å². The normalized spacial score (nSPS) is 10.5. The molecule has 1 nitrogen and oxygen atoms in total. The summed E-state index contributed by atoms with van der Waals surface area (Å²) >= 11 is 15.4. The van der Waals surface area contributed by atoms with Crippen molar-refractivity contribution in [2.75, 3.05) is 0 Å². The number of benzene rings is 2. The van der Waals surface area contributed by atoms with E-state index in [0.717, 1.165) is 38.5 Å². The molecule has 0 aromatic heterocycles. The summed E-state index contributed by atoms with van der Waals surface area (Å²) in [5.74, 6) is 2.03. The highest BCUT2D eigenvalue weighted by Crippen LogP contribution is 2.30. The summed E-state index contributed by atoms with van der Waals surface area (Å²) in [6.45, 7) is 2.07. The molecule has 0 saturated carbocycles. The maximum absolute atomic E-state index is 6.09. The van der Waals surface area contributed by atoms with Crippen molar-refractivity contribution in [3.8, 4) is 11.5 Å². The number of hydrogen-bond acceptors (Lipinski definition) is 1. The molecule has 0 aliphatic rings. The van der Waals surface area contributed by atoms with E-state index in [0.29, 0.717) is 5.88 Å². The van der Waals surface area contributed by atoms with Gasteiger partial charge in [-0.05, 0) is 47.9 Å². The molecule has 0 aliphatic carbocycles. The highest BCUT2D eigenvalue weighted by Gasteiger charge is 2.05. The summed E-state index contributed by atoms with van der Waals surface area (Å²) in [5.41, 5.74) is 2.12. The van der Waals surface area contributed by atoms with Gasteiger partial charge in [-0.1, -0.05) is 40.5 Å². The second kappa shape index (κ2) is 6.65. The van der Waals surface area contributed by atoms with Gasteiger partial charge >= 0.3 is 0 Å². The Kier molecular flexibility index (Phi) is 5.14. The SMILES string of the molecule is CCc1cc(Oc2ccc(CCl)c(Br)c2)ccc1Cl. The quantitative estimate of drug-likeness (QED) is 0.591. The lowest BCUT2D eigenvalue weighted by Gasteiger charge is -2.09. The first-order chi connectivity index (χ1) is 9.13. The highest BCUT2D eigenvalue weighted by molar-refractivity contribution is 9.10. The van der Waals surface area contributed by atoms with Gasteiger partial charge in [0.1, 0.15) is 11.5 Å². The van der Waals surface area contributed by atoms with Gasteiger partial charge in [0.15, 0.2) is 0 Å². The Balaban J connectivity index is 2.23. The standard InChI is InChI=1S/C15H13BrCl2O/c1-2-10-7-12(5-6-15(10)18)19-13-4-3-11(9-17)14(16)8-13/h3-8H,2,9H2,1H3. The molecule has 0 fully saturated rings. The average Bonchev–Trinajstić information content (AvgIpc) is 2.41. The fourth-order valence-corrected chi connectivity index (χ4v) is 2.87. The second-order valence-corrected chi connectivity index (χ2v) is 5.62. The van der Waals surface area contributed by atoms with Crippen molar-refractivity contribution in [3.05, 3.63) is 57.0 Å². The molecule has 0 atom stereocenters. The monoisotopic (exact) mass is 358 g/mol. The van der Waals surface area contributed by atoms with Crippen molar-refractivity contribution in [1.29, 1.82) is 0 Å². The molecule has 0 saturated heterocycles. The summed E-state index contributed by atoms with van der Waals surface area (Å²) in [6.07, 6.45) is 0.880. The molecule has 2 aromatic rings. The van der Waals surface area contributed by atoms with E-state index in [1.807, 2.05) is 36.4 Å². The van der Waals surface area contributed by atoms with Gasteiger partial charge in [-0.2, -0.15) is 0 Å². The first-order valence-corrected chi connectivity index (χ1v) is 7.65. The topological polar surface area (TPSA) is 9.23 Å². The van der Waals surface area contributed by atoms with Gasteiger partial charge in [0.25, 0.3) is 0 Å². The first-order valence-electron chi connectivity index (χ1n) is 5.94. The van der Waals surface area contributed by atoms with Crippen molar-refractivity contribution >= 4 is 39.1 Å². The van der Waals surface area contributed by atoms with Crippen LogP contribution in [0.15, 0.2) is 40.9 Å². The fourth-order valence-electron chi connectivity index (χ4n) is 1.72. The zero-order valence-corrected chi connectivity index (χ0v) is 13.5.